The molecular formula is C7H11F2NO. The van der Waals surface area contributed by atoms with E-state index in [1.165, 1.54) is 4.90 Å². The van der Waals surface area contributed by atoms with E-state index in [-0.39, 0.29) is 19.0 Å². The highest BCUT2D eigenvalue weighted by Crippen LogP contribution is 2.22. The molecule has 0 radical (unpaired) electrons. The lowest BCUT2D eigenvalue weighted by atomic mass is 10.0. The number of likely N-dealkylation sites (tertiary alicyclic amines) is 1. The summed E-state index contributed by atoms with van der Waals surface area (Å²) in [6, 6.07) is 0. The van der Waals surface area contributed by atoms with E-state index >= 15 is 0 Å². The lowest BCUT2D eigenvalue weighted by molar-refractivity contribution is -0.141. The topological polar surface area (TPSA) is 20.3 Å². The molecule has 0 atom stereocenters. The molecule has 0 unspecified atom stereocenters. The van der Waals surface area contributed by atoms with E-state index in [4.69, 9.17) is 0 Å². The quantitative estimate of drug-likeness (QED) is 0.597. The maximum Gasteiger partial charge on any atom is 0.244 e. The molecule has 0 aliphatic carbocycles. The Morgan fingerprint density at radius 2 is 2.18 bits per heavy atom. The third-order valence-electron chi connectivity index (χ3n) is 1.92. The summed E-state index contributed by atoms with van der Waals surface area (Å²) >= 11 is 0. The molecule has 0 saturated carbocycles. The average molecular weight is 163 g/mol. The van der Waals surface area contributed by atoms with E-state index in [0.717, 1.165) is 0 Å². The van der Waals surface area contributed by atoms with Crippen LogP contribution in [-0.4, -0.2) is 30.3 Å². The normalized spacial score (nSPS) is 18.7. The van der Waals surface area contributed by atoms with Crippen molar-refractivity contribution < 1.29 is 13.6 Å². The minimum atomic E-state index is -2.27. The van der Waals surface area contributed by atoms with E-state index in [0.29, 0.717) is 6.42 Å². The van der Waals surface area contributed by atoms with Gasteiger partial charge in [0, 0.05) is 19.5 Å². The number of carbonyl (C=O) groups is 1. The van der Waals surface area contributed by atoms with Gasteiger partial charge in [-0.1, -0.05) is 6.92 Å². The van der Waals surface area contributed by atoms with Crippen molar-refractivity contribution in [1.29, 1.82) is 0 Å². The van der Waals surface area contributed by atoms with Gasteiger partial charge in [0.1, 0.15) is 0 Å². The fourth-order valence-corrected chi connectivity index (χ4v) is 1.10. The molecule has 1 rings (SSSR count). The smallest absolute Gasteiger partial charge is 0.244 e. The van der Waals surface area contributed by atoms with Gasteiger partial charge in [0.25, 0.3) is 0 Å². The zero-order valence-corrected chi connectivity index (χ0v) is 6.39. The second-order valence-corrected chi connectivity index (χ2v) is 2.75. The van der Waals surface area contributed by atoms with Crippen LogP contribution in [0.15, 0.2) is 0 Å². The van der Waals surface area contributed by atoms with E-state index in [2.05, 4.69) is 0 Å². The van der Waals surface area contributed by atoms with Crippen LogP contribution in [0.2, 0.25) is 0 Å². The number of rotatable bonds is 2. The Morgan fingerprint density at radius 3 is 2.55 bits per heavy atom. The molecule has 0 bridgehead atoms. The summed E-state index contributed by atoms with van der Waals surface area (Å²) in [5.74, 6) is -0.604. The number of hydrogen-bond acceptors (Lipinski definition) is 1. The largest absolute Gasteiger partial charge is 0.342 e. The van der Waals surface area contributed by atoms with Gasteiger partial charge in [0.05, 0.1) is 5.92 Å². The zero-order chi connectivity index (χ0) is 8.43. The van der Waals surface area contributed by atoms with Gasteiger partial charge in [-0.25, -0.2) is 8.78 Å². The number of nitrogens with zero attached hydrogens (tertiary/aromatic N) is 1. The van der Waals surface area contributed by atoms with Crippen LogP contribution in [0.1, 0.15) is 13.3 Å². The van der Waals surface area contributed by atoms with Crippen molar-refractivity contribution in [2.24, 2.45) is 5.92 Å². The molecule has 11 heavy (non-hydrogen) atoms. The third-order valence-corrected chi connectivity index (χ3v) is 1.92. The Labute approximate surface area is 64.2 Å². The van der Waals surface area contributed by atoms with Gasteiger partial charge < -0.3 is 4.90 Å². The molecule has 1 heterocycles. The molecule has 4 heteroatoms. The molecule has 1 fully saturated rings. The van der Waals surface area contributed by atoms with Gasteiger partial charge in [-0.15, -0.1) is 0 Å². The van der Waals surface area contributed by atoms with Gasteiger partial charge >= 0.3 is 0 Å². The number of hydrogen-bond donors (Lipinski definition) is 0. The summed E-state index contributed by atoms with van der Waals surface area (Å²) in [6.07, 6.45) is -1.86. The number of alkyl halides is 2. The minimum absolute atomic E-state index is 0.0260. The maximum atomic E-state index is 11.9. The maximum absolute atomic E-state index is 11.9. The Hall–Kier alpha value is -0.670. The van der Waals surface area contributed by atoms with Crippen LogP contribution in [0.4, 0.5) is 8.78 Å². The highest BCUT2D eigenvalue weighted by molar-refractivity contribution is 5.76. The molecule has 1 aliphatic rings. The lowest BCUT2D eigenvalue weighted by Crippen LogP contribution is -2.52. The van der Waals surface area contributed by atoms with E-state index in [9.17, 15) is 13.6 Å². The van der Waals surface area contributed by atoms with Gasteiger partial charge in [-0.2, -0.15) is 0 Å². The summed E-state index contributed by atoms with van der Waals surface area (Å²) in [6.45, 7) is 2.21. The van der Waals surface area contributed by atoms with E-state index < -0.39 is 12.3 Å². The van der Waals surface area contributed by atoms with E-state index in [1.54, 1.807) is 6.92 Å². The monoisotopic (exact) mass is 163 g/mol. The SMILES string of the molecule is CCC(=O)N1CC(C(F)F)C1. The van der Waals surface area contributed by atoms with Crippen molar-refractivity contribution in [2.75, 3.05) is 13.1 Å². The van der Waals surface area contributed by atoms with Crippen LogP contribution in [-0.2, 0) is 4.79 Å². The molecule has 1 amide bonds. The highest BCUT2D eigenvalue weighted by Gasteiger charge is 2.35. The van der Waals surface area contributed by atoms with Crippen LogP contribution >= 0.6 is 0 Å². The van der Waals surface area contributed by atoms with Gasteiger partial charge in [-0.3, -0.25) is 4.79 Å². The number of amides is 1. The summed E-state index contributed by atoms with van der Waals surface area (Å²) in [4.78, 5) is 12.3. The Kier molecular flexibility index (Phi) is 2.42. The Bertz CT molecular complexity index is 155. The number of carbonyl (C=O) groups excluding carboxylic acids is 1. The first-order chi connectivity index (χ1) is 5.15. The predicted molar refractivity (Wildman–Crippen MR) is 36.4 cm³/mol. The van der Waals surface area contributed by atoms with E-state index in [1.807, 2.05) is 0 Å². The molecule has 64 valence electrons. The molecule has 0 aromatic rings. The van der Waals surface area contributed by atoms with Crippen LogP contribution in [0.3, 0.4) is 0 Å². The van der Waals surface area contributed by atoms with Crippen LogP contribution in [0.25, 0.3) is 0 Å². The first-order valence-corrected chi connectivity index (χ1v) is 3.71. The van der Waals surface area contributed by atoms with Crippen LogP contribution in [0.5, 0.6) is 0 Å². The first kappa shape index (κ1) is 8.43. The molecule has 0 spiro atoms. The molecule has 1 aliphatic heterocycles. The summed E-state index contributed by atoms with van der Waals surface area (Å²) in [5, 5.41) is 0. The molecular weight excluding hydrogens is 152 g/mol. The second kappa shape index (κ2) is 3.15. The predicted octanol–water partition coefficient (Wildman–Crippen LogP) is 1.12. The van der Waals surface area contributed by atoms with Crippen LogP contribution < -0.4 is 0 Å². The summed E-state index contributed by atoms with van der Waals surface area (Å²) < 4.78 is 23.8. The van der Waals surface area contributed by atoms with Gasteiger partial charge in [-0.05, 0) is 0 Å². The standard InChI is InChI=1S/C7H11F2NO/c1-2-6(11)10-3-5(4-10)7(8)9/h5,7H,2-4H2,1H3. The molecule has 1 saturated heterocycles. The summed E-state index contributed by atoms with van der Waals surface area (Å²) in [7, 11) is 0. The second-order valence-electron chi connectivity index (χ2n) is 2.75. The molecule has 0 aromatic heterocycles. The fourth-order valence-electron chi connectivity index (χ4n) is 1.10. The van der Waals surface area contributed by atoms with Crippen molar-refractivity contribution in [3.05, 3.63) is 0 Å². The average Bonchev–Trinajstić information content (AvgIpc) is 1.83. The molecule has 2 nitrogen and oxygen atoms in total. The zero-order valence-electron chi connectivity index (χ0n) is 6.39. The highest BCUT2D eigenvalue weighted by atomic mass is 19.3. The van der Waals surface area contributed by atoms with Crippen molar-refractivity contribution in [1.82, 2.24) is 4.90 Å². The van der Waals surface area contributed by atoms with Gasteiger partial charge in [0.15, 0.2) is 0 Å². The number of halogens is 2. The third kappa shape index (κ3) is 1.67. The van der Waals surface area contributed by atoms with Crippen molar-refractivity contribution in [3.8, 4) is 0 Å². The lowest BCUT2D eigenvalue weighted by Gasteiger charge is -2.38. The first-order valence-electron chi connectivity index (χ1n) is 3.71. The van der Waals surface area contributed by atoms with Crippen molar-refractivity contribution >= 4 is 5.91 Å². The minimum Gasteiger partial charge on any atom is -0.342 e. The van der Waals surface area contributed by atoms with Crippen molar-refractivity contribution in [3.63, 3.8) is 0 Å². The van der Waals surface area contributed by atoms with Gasteiger partial charge in [0.2, 0.25) is 12.3 Å². The molecule has 0 aromatic carbocycles. The van der Waals surface area contributed by atoms with Crippen molar-refractivity contribution in [2.45, 2.75) is 19.8 Å². The Morgan fingerprint density at radius 1 is 1.64 bits per heavy atom. The molecule has 0 N–H and O–H groups in total. The van der Waals surface area contributed by atoms with Crippen LogP contribution in [0, 0.1) is 5.92 Å². The summed E-state index contributed by atoms with van der Waals surface area (Å²) in [5.41, 5.74) is 0. The fraction of sp³-hybridized carbons (Fsp3) is 0.857. The Balaban J connectivity index is 2.24.